The van der Waals surface area contributed by atoms with Crippen LogP contribution in [0.5, 0.6) is 0 Å². The van der Waals surface area contributed by atoms with Crippen molar-refractivity contribution in [2.75, 3.05) is 18.0 Å². The van der Waals surface area contributed by atoms with Gasteiger partial charge in [-0.05, 0) is 32.1 Å². The molecular weight excluding hydrogens is 324 g/mol. The molecule has 0 amide bonds. The number of nitro groups is 1. The van der Waals surface area contributed by atoms with Crippen LogP contribution in [0.2, 0.25) is 0 Å². The molecule has 2 aromatic rings. The molecule has 25 heavy (non-hydrogen) atoms. The highest BCUT2D eigenvalue weighted by Crippen LogP contribution is 2.40. The van der Waals surface area contributed by atoms with E-state index >= 15 is 0 Å². The van der Waals surface area contributed by atoms with Crippen molar-refractivity contribution < 1.29 is 9.45 Å². The number of hydrogen-bond donors (Lipinski definition) is 0. The van der Waals surface area contributed by atoms with Crippen LogP contribution in [0, 0.1) is 10.1 Å². The molecule has 0 radical (unpaired) electrons. The number of aromatic nitrogens is 4. The maximum atomic E-state index is 11.5. The summed E-state index contributed by atoms with van der Waals surface area (Å²) in [4.78, 5) is 17.8. The number of aryl methyl sites for hydroxylation is 2. The average molecular weight is 346 g/mol. The molecule has 0 unspecified atom stereocenters. The molecule has 0 bridgehead atoms. The van der Waals surface area contributed by atoms with Gasteiger partial charge in [0.25, 0.3) is 0 Å². The summed E-state index contributed by atoms with van der Waals surface area (Å²) in [5.41, 5.74) is 0.677. The summed E-state index contributed by atoms with van der Waals surface area (Å²) in [7, 11) is 1.77. The predicted octanol–water partition coefficient (Wildman–Crippen LogP) is 2.54. The van der Waals surface area contributed by atoms with Gasteiger partial charge >= 0.3 is 5.69 Å². The minimum atomic E-state index is -0.311. The van der Waals surface area contributed by atoms with Crippen LogP contribution in [0.15, 0.2) is 4.52 Å². The first kappa shape index (κ1) is 16.0. The average Bonchev–Trinajstić information content (AvgIpc) is 3.23. The molecule has 3 heterocycles. The Morgan fingerprint density at radius 3 is 2.56 bits per heavy atom. The zero-order chi connectivity index (χ0) is 17.6. The van der Waals surface area contributed by atoms with E-state index in [1.165, 1.54) is 0 Å². The van der Waals surface area contributed by atoms with Crippen LogP contribution in [-0.2, 0) is 13.5 Å². The third kappa shape index (κ3) is 2.87. The molecule has 9 nitrogen and oxygen atoms in total. The van der Waals surface area contributed by atoms with Crippen molar-refractivity contribution in [3.63, 3.8) is 0 Å². The summed E-state index contributed by atoms with van der Waals surface area (Å²) < 4.78 is 7.00. The van der Waals surface area contributed by atoms with Crippen LogP contribution in [-0.4, -0.2) is 37.9 Å². The third-order valence-electron chi connectivity index (χ3n) is 5.12. The molecule has 4 rings (SSSR count). The lowest BCUT2D eigenvalue weighted by Gasteiger charge is -2.31. The van der Waals surface area contributed by atoms with E-state index in [1.54, 1.807) is 11.7 Å². The molecule has 2 fully saturated rings. The van der Waals surface area contributed by atoms with E-state index in [-0.39, 0.29) is 16.5 Å². The van der Waals surface area contributed by atoms with E-state index in [4.69, 9.17) is 4.52 Å². The van der Waals surface area contributed by atoms with Gasteiger partial charge in [-0.25, -0.2) is 4.68 Å². The highest BCUT2D eigenvalue weighted by Gasteiger charge is 2.34. The smallest absolute Gasteiger partial charge is 0.334 e. The second kappa shape index (κ2) is 6.12. The van der Waals surface area contributed by atoms with Crippen molar-refractivity contribution in [2.45, 2.75) is 50.9 Å². The maximum absolute atomic E-state index is 11.5. The standard InChI is InChI=1S/C16H22N6O3/c1-3-12-13(22(23)24)16(20(2)18-12)21-8-6-10(7-9-21)14-17-15(25-19-14)11-4-5-11/h10-11H,3-9H2,1-2H3. The fourth-order valence-electron chi connectivity index (χ4n) is 3.60. The number of rotatable bonds is 5. The van der Waals surface area contributed by atoms with Gasteiger partial charge in [-0.1, -0.05) is 12.1 Å². The van der Waals surface area contributed by atoms with Crippen LogP contribution in [0.3, 0.4) is 0 Å². The third-order valence-corrected chi connectivity index (χ3v) is 5.12. The summed E-state index contributed by atoms with van der Waals surface area (Å²) in [5, 5.41) is 20.0. The van der Waals surface area contributed by atoms with Crippen LogP contribution in [0.1, 0.15) is 61.9 Å². The molecular formula is C16H22N6O3. The first-order chi connectivity index (χ1) is 12.1. The molecule has 0 atom stereocenters. The lowest BCUT2D eigenvalue weighted by Crippen LogP contribution is -2.34. The lowest BCUT2D eigenvalue weighted by atomic mass is 9.96. The van der Waals surface area contributed by atoms with E-state index < -0.39 is 0 Å². The Kier molecular flexibility index (Phi) is 3.93. The normalized spacial score (nSPS) is 18.7. The van der Waals surface area contributed by atoms with Gasteiger partial charge in [0.15, 0.2) is 5.82 Å². The zero-order valence-electron chi connectivity index (χ0n) is 14.5. The summed E-state index contributed by atoms with van der Waals surface area (Å²) in [5.74, 6) is 2.88. The topological polar surface area (TPSA) is 103 Å². The van der Waals surface area contributed by atoms with Crippen molar-refractivity contribution in [3.8, 4) is 0 Å². The Morgan fingerprint density at radius 1 is 1.24 bits per heavy atom. The first-order valence-corrected chi connectivity index (χ1v) is 8.87. The fraction of sp³-hybridized carbons (Fsp3) is 0.688. The molecule has 2 aromatic heterocycles. The van der Waals surface area contributed by atoms with Gasteiger partial charge < -0.3 is 9.42 Å². The summed E-state index contributed by atoms with van der Waals surface area (Å²) >= 11 is 0. The first-order valence-electron chi connectivity index (χ1n) is 8.87. The number of hydrogen-bond acceptors (Lipinski definition) is 7. The van der Waals surface area contributed by atoms with Crippen molar-refractivity contribution in [3.05, 3.63) is 27.5 Å². The maximum Gasteiger partial charge on any atom is 0.334 e. The van der Waals surface area contributed by atoms with E-state index in [1.807, 2.05) is 6.92 Å². The highest BCUT2D eigenvalue weighted by molar-refractivity contribution is 5.61. The predicted molar refractivity (Wildman–Crippen MR) is 89.7 cm³/mol. The van der Waals surface area contributed by atoms with Gasteiger partial charge in [-0.3, -0.25) is 10.1 Å². The quantitative estimate of drug-likeness (QED) is 0.605. The summed E-state index contributed by atoms with van der Waals surface area (Å²) in [6.07, 6.45) is 4.54. The summed E-state index contributed by atoms with van der Waals surface area (Å²) in [6.45, 7) is 3.34. The number of anilines is 1. The minimum absolute atomic E-state index is 0.138. The van der Waals surface area contributed by atoms with Crippen LogP contribution in [0.4, 0.5) is 11.5 Å². The second-order valence-corrected chi connectivity index (χ2v) is 6.88. The Labute approximate surface area is 145 Å². The van der Waals surface area contributed by atoms with Crippen LogP contribution in [0.25, 0.3) is 0 Å². The Balaban J connectivity index is 1.50. The molecule has 0 N–H and O–H groups in total. The van der Waals surface area contributed by atoms with E-state index in [9.17, 15) is 10.1 Å². The van der Waals surface area contributed by atoms with Gasteiger partial charge in [-0.15, -0.1) is 0 Å². The Bertz CT molecular complexity index is 786. The van der Waals surface area contributed by atoms with Gasteiger partial charge in [0.05, 0.1) is 4.92 Å². The van der Waals surface area contributed by atoms with E-state index in [0.717, 1.165) is 50.5 Å². The van der Waals surface area contributed by atoms with E-state index in [0.29, 0.717) is 23.9 Å². The highest BCUT2D eigenvalue weighted by atomic mass is 16.6. The van der Waals surface area contributed by atoms with Gasteiger partial charge in [0.2, 0.25) is 11.7 Å². The molecule has 134 valence electrons. The van der Waals surface area contributed by atoms with Gasteiger partial charge in [-0.2, -0.15) is 10.1 Å². The van der Waals surface area contributed by atoms with Crippen LogP contribution < -0.4 is 4.90 Å². The SMILES string of the molecule is CCc1nn(C)c(N2CCC(c3noc(C4CC4)n3)CC2)c1[N+](=O)[O-]. The van der Waals surface area contributed by atoms with Crippen LogP contribution >= 0.6 is 0 Å². The van der Waals surface area contributed by atoms with Crippen molar-refractivity contribution in [2.24, 2.45) is 7.05 Å². The minimum Gasteiger partial charge on any atom is -0.351 e. The molecule has 9 heteroatoms. The molecule has 1 saturated heterocycles. The number of piperidine rings is 1. The molecule has 1 aliphatic carbocycles. The zero-order valence-corrected chi connectivity index (χ0v) is 14.5. The fourth-order valence-corrected chi connectivity index (χ4v) is 3.60. The monoisotopic (exact) mass is 346 g/mol. The van der Waals surface area contributed by atoms with Crippen molar-refractivity contribution in [1.29, 1.82) is 0 Å². The molecule has 1 saturated carbocycles. The van der Waals surface area contributed by atoms with Gasteiger partial charge in [0.1, 0.15) is 5.69 Å². The lowest BCUT2D eigenvalue weighted by molar-refractivity contribution is -0.384. The van der Waals surface area contributed by atoms with Gasteiger partial charge in [0, 0.05) is 32.0 Å². The van der Waals surface area contributed by atoms with Crippen molar-refractivity contribution >= 4 is 11.5 Å². The second-order valence-electron chi connectivity index (χ2n) is 6.88. The molecule has 0 aromatic carbocycles. The largest absolute Gasteiger partial charge is 0.351 e. The molecule has 1 aliphatic heterocycles. The number of nitrogens with zero attached hydrogens (tertiary/aromatic N) is 6. The summed E-state index contributed by atoms with van der Waals surface area (Å²) in [6, 6.07) is 0. The Morgan fingerprint density at radius 2 is 1.96 bits per heavy atom. The van der Waals surface area contributed by atoms with E-state index in [2.05, 4.69) is 20.1 Å². The Hall–Kier alpha value is -2.45. The molecule has 2 aliphatic rings. The van der Waals surface area contributed by atoms with Crippen molar-refractivity contribution in [1.82, 2.24) is 19.9 Å². The molecule has 0 spiro atoms.